The number of nitrogens with zero attached hydrogens (tertiary/aromatic N) is 1. The van der Waals surface area contributed by atoms with E-state index < -0.39 is 0 Å². The van der Waals surface area contributed by atoms with Gasteiger partial charge < -0.3 is 0 Å². The summed E-state index contributed by atoms with van der Waals surface area (Å²) in [5.41, 5.74) is 4.36. The molecule has 0 aliphatic carbocycles. The van der Waals surface area contributed by atoms with Gasteiger partial charge in [0.15, 0.2) is 0 Å². The summed E-state index contributed by atoms with van der Waals surface area (Å²) in [6, 6.07) is 15.5. The second kappa shape index (κ2) is 4.51. The second-order valence-electron chi connectivity index (χ2n) is 6.39. The number of halogens is 1. The summed E-state index contributed by atoms with van der Waals surface area (Å²) in [5.74, 6) is 0. The van der Waals surface area contributed by atoms with Crippen molar-refractivity contribution in [2.75, 3.05) is 0 Å². The highest BCUT2D eigenvalue weighted by atomic mass is 127. The molecular weight excluding hydrogens is 345 g/mol. The molecule has 0 unspecified atom stereocenters. The lowest BCUT2D eigenvalue weighted by molar-refractivity contribution is 0.411. The summed E-state index contributed by atoms with van der Waals surface area (Å²) in [4.78, 5) is 0. The van der Waals surface area contributed by atoms with Crippen LogP contribution in [-0.2, 0) is 6.42 Å². The molecule has 0 atom stereocenters. The molecule has 0 bridgehead atoms. The molecule has 1 heterocycles. The minimum atomic E-state index is 0.330. The first-order chi connectivity index (χ1) is 8.96. The van der Waals surface area contributed by atoms with Gasteiger partial charge in [-0.2, -0.15) is 0 Å². The Bertz CT molecular complexity index is 747. The van der Waals surface area contributed by atoms with E-state index in [4.69, 9.17) is 0 Å². The zero-order chi connectivity index (χ0) is 13.6. The van der Waals surface area contributed by atoms with Crippen molar-refractivity contribution in [2.45, 2.75) is 27.2 Å². The molecule has 0 amide bonds. The van der Waals surface area contributed by atoms with E-state index in [9.17, 15) is 0 Å². The number of hydrogen-bond donors (Lipinski definition) is 0. The van der Waals surface area contributed by atoms with Gasteiger partial charge in [0, 0.05) is 10.8 Å². The van der Waals surface area contributed by atoms with Gasteiger partial charge in [-0.25, -0.2) is 0 Å². The monoisotopic (exact) mass is 363 g/mol. The van der Waals surface area contributed by atoms with Crippen LogP contribution in [0.1, 0.15) is 26.3 Å². The predicted octanol–water partition coefficient (Wildman–Crippen LogP) is 5.58. The van der Waals surface area contributed by atoms with Crippen LogP contribution in [0.15, 0.2) is 42.5 Å². The maximum absolute atomic E-state index is 2.39. The number of hydrogen-bond acceptors (Lipinski definition) is 0. The lowest BCUT2D eigenvalue weighted by atomic mass is 9.88. The number of benzene rings is 2. The third-order valence-corrected chi connectivity index (χ3v) is 4.45. The van der Waals surface area contributed by atoms with Gasteiger partial charge in [0.1, 0.15) is 0 Å². The van der Waals surface area contributed by atoms with E-state index in [1.165, 1.54) is 27.4 Å². The average molecular weight is 363 g/mol. The van der Waals surface area contributed by atoms with E-state index in [1.54, 1.807) is 0 Å². The van der Waals surface area contributed by atoms with Crippen molar-refractivity contribution in [3.63, 3.8) is 0 Å². The first-order valence-electron chi connectivity index (χ1n) is 6.64. The number of rotatable bonds is 1. The second-order valence-corrected chi connectivity index (χ2v) is 7.35. The SMILES string of the molecule is CC(C)(C)Cc1ccc2c(c1)c1ccccc1n2I. The highest BCUT2D eigenvalue weighted by Gasteiger charge is 2.13. The van der Waals surface area contributed by atoms with Crippen molar-refractivity contribution >= 4 is 44.7 Å². The van der Waals surface area contributed by atoms with Crippen LogP contribution < -0.4 is 0 Å². The molecule has 0 aliphatic rings. The predicted molar refractivity (Wildman–Crippen MR) is 92.0 cm³/mol. The number of fused-ring (bicyclic) bond motifs is 3. The van der Waals surface area contributed by atoms with E-state index in [1.807, 2.05) is 0 Å². The van der Waals surface area contributed by atoms with Gasteiger partial charge in [0.2, 0.25) is 0 Å². The molecule has 3 aromatic rings. The van der Waals surface area contributed by atoms with Crippen LogP contribution in [0, 0.1) is 5.41 Å². The Labute approximate surface area is 128 Å². The maximum atomic E-state index is 2.39. The molecule has 0 aliphatic heterocycles. The fourth-order valence-corrected chi connectivity index (χ4v) is 3.54. The highest BCUT2D eigenvalue weighted by Crippen LogP contribution is 2.32. The van der Waals surface area contributed by atoms with E-state index in [2.05, 4.69) is 88.9 Å². The fraction of sp³-hybridized carbons (Fsp3) is 0.294. The molecule has 2 aromatic carbocycles. The van der Waals surface area contributed by atoms with Crippen LogP contribution in [0.4, 0.5) is 0 Å². The highest BCUT2D eigenvalue weighted by molar-refractivity contribution is 14.1. The molecule has 0 radical (unpaired) electrons. The van der Waals surface area contributed by atoms with Gasteiger partial charge in [-0.05, 0) is 35.6 Å². The normalized spacial score (nSPS) is 12.4. The van der Waals surface area contributed by atoms with Crippen LogP contribution in [0.2, 0.25) is 0 Å². The summed E-state index contributed by atoms with van der Waals surface area (Å²) < 4.78 is 2.25. The van der Waals surface area contributed by atoms with Crippen LogP contribution >= 0.6 is 22.9 Å². The average Bonchev–Trinajstić information content (AvgIpc) is 2.62. The minimum absolute atomic E-state index is 0.330. The first-order valence-corrected chi connectivity index (χ1v) is 7.60. The van der Waals surface area contributed by atoms with Crippen LogP contribution in [-0.4, -0.2) is 2.78 Å². The van der Waals surface area contributed by atoms with Crippen LogP contribution in [0.25, 0.3) is 21.8 Å². The molecular formula is C17H18IN. The van der Waals surface area contributed by atoms with E-state index in [-0.39, 0.29) is 0 Å². The van der Waals surface area contributed by atoms with Crippen molar-refractivity contribution in [3.8, 4) is 0 Å². The molecule has 3 rings (SSSR count). The zero-order valence-corrected chi connectivity index (χ0v) is 13.7. The lowest BCUT2D eigenvalue weighted by Crippen LogP contribution is -2.08. The van der Waals surface area contributed by atoms with Crippen LogP contribution in [0.3, 0.4) is 0 Å². The molecule has 0 fully saturated rings. The summed E-state index contributed by atoms with van der Waals surface area (Å²) in [6.07, 6.45) is 1.11. The third kappa shape index (κ3) is 2.38. The molecule has 0 saturated carbocycles. The molecule has 1 aromatic heterocycles. The quantitative estimate of drug-likeness (QED) is 0.498. The molecule has 0 N–H and O–H groups in total. The first kappa shape index (κ1) is 13.0. The lowest BCUT2D eigenvalue weighted by Gasteiger charge is -2.18. The Hall–Kier alpha value is -1.03. The van der Waals surface area contributed by atoms with Gasteiger partial charge in [0.25, 0.3) is 0 Å². The van der Waals surface area contributed by atoms with Gasteiger partial charge in [-0.15, -0.1) is 0 Å². The Morgan fingerprint density at radius 2 is 1.63 bits per heavy atom. The Morgan fingerprint density at radius 3 is 2.37 bits per heavy atom. The van der Waals surface area contributed by atoms with Gasteiger partial charge in [-0.1, -0.05) is 45.0 Å². The van der Waals surface area contributed by atoms with E-state index in [0.717, 1.165) is 6.42 Å². The summed E-state index contributed by atoms with van der Waals surface area (Å²) in [5, 5.41) is 2.72. The van der Waals surface area contributed by atoms with Crippen molar-refractivity contribution in [1.29, 1.82) is 0 Å². The summed E-state index contributed by atoms with van der Waals surface area (Å²) in [6.45, 7) is 6.87. The smallest absolute Gasteiger partial charge is 0.0646 e. The molecule has 0 saturated heterocycles. The van der Waals surface area contributed by atoms with Crippen molar-refractivity contribution in [1.82, 2.24) is 2.78 Å². The van der Waals surface area contributed by atoms with Crippen molar-refractivity contribution in [2.24, 2.45) is 5.41 Å². The number of para-hydroxylation sites is 1. The zero-order valence-electron chi connectivity index (χ0n) is 11.6. The van der Waals surface area contributed by atoms with Gasteiger partial charge >= 0.3 is 0 Å². The largest absolute Gasteiger partial charge is 0.282 e. The van der Waals surface area contributed by atoms with Gasteiger partial charge in [0.05, 0.1) is 33.9 Å². The Kier molecular flexibility index (Phi) is 3.08. The van der Waals surface area contributed by atoms with E-state index in [0.29, 0.717) is 5.41 Å². The fourth-order valence-electron chi connectivity index (χ4n) is 2.69. The summed E-state index contributed by atoms with van der Waals surface area (Å²) >= 11 is 2.39. The standard InChI is InChI=1S/C17H18IN/c1-17(2,3)11-12-8-9-16-14(10-12)13-6-4-5-7-15(13)19(16)18/h4-10H,11H2,1-3H3. The minimum Gasteiger partial charge on any atom is -0.282 e. The molecule has 0 spiro atoms. The molecule has 19 heavy (non-hydrogen) atoms. The third-order valence-electron chi connectivity index (χ3n) is 3.41. The maximum Gasteiger partial charge on any atom is 0.0646 e. The van der Waals surface area contributed by atoms with Crippen LogP contribution in [0.5, 0.6) is 0 Å². The van der Waals surface area contributed by atoms with Gasteiger partial charge in [-0.3, -0.25) is 2.78 Å². The molecule has 1 nitrogen and oxygen atoms in total. The number of aromatic nitrogens is 1. The van der Waals surface area contributed by atoms with E-state index >= 15 is 0 Å². The topological polar surface area (TPSA) is 4.93 Å². The Morgan fingerprint density at radius 1 is 0.947 bits per heavy atom. The summed E-state index contributed by atoms with van der Waals surface area (Å²) in [7, 11) is 0. The Balaban J connectivity index is 2.25. The van der Waals surface area contributed by atoms with Crippen molar-refractivity contribution in [3.05, 3.63) is 48.0 Å². The molecule has 2 heteroatoms. The van der Waals surface area contributed by atoms with Crippen molar-refractivity contribution < 1.29 is 0 Å². The molecule has 98 valence electrons.